The molecule has 1 aromatic carbocycles. The number of alkyl halides is 3. The van der Waals surface area contributed by atoms with Gasteiger partial charge < -0.3 is 10.6 Å². The van der Waals surface area contributed by atoms with Gasteiger partial charge in [-0.2, -0.15) is 18.2 Å². The van der Waals surface area contributed by atoms with Crippen LogP contribution in [0.2, 0.25) is 0 Å². The molecule has 2 aromatic rings. The molecular formula is C13H12F4N4. The Kier molecular flexibility index (Phi) is 4.25. The summed E-state index contributed by atoms with van der Waals surface area (Å²) in [6.45, 7) is 0.148. The lowest BCUT2D eigenvalue weighted by atomic mass is 10.2. The summed E-state index contributed by atoms with van der Waals surface area (Å²) in [5.74, 6) is -0.554. The van der Waals surface area contributed by atoms with E-state index in [9.17, 15) is 17.6 Å². The second-order valence-corrected chi connectivity index (χ2v) is 4.19. The molecular weight excluding hydrogens is 288 g/mol. The average Bonchev–Trinajstić information content (AvgIpc) is 2.44. The predicted octanol–water partition coefficient (Wildman–Crippen LogP) is 3.29. The topological polar surface area (TPSA) is 49.8 Å². The van der Waals surface area contributed by atoms with E-state index in [2.05, 4.69) is 20.6 Å². The first-order valence-corrected chi connectivity index (χ1v) is 6.01. The molecule has 0 unspecified atom stereocenters. The van der Waals surface area contributed by atoms with Gasteiger partial charge in [0, 0.05) is 19.7 Å². The summed E-state index contributed by atoms with van der Waals surface area (Å²) < 4.78 is 51.1. The molecule has 4 nitrogen and oxygen atoms in total. The molecule has 0 atom stereocenters. The van der Waals surface area contributed by atoms with Gasteiger partial charge in [0.1, 0.15) is 11.6 Å². The fourth-order valence-electron chi connectivity index (χ4n) is 1.63. The number of hydrogen-bond acceptors (Lipinski definition) is 4. The predicted molar refractivity (Wildman–Crippen MR) is 70.3 cm³/mol. The third-order valence-corrected chi connectivity index (χ3v) is 2.60. The van der Waals surface area contributed by atoms with Gasteiger partial charge in [0.2, 0.25) is 5.95 Å². The van der Waals surface area contributed by atoms with Crippen molar-refractivity contribution in [3.05, 3.63) is 47.4 Å². The highest BCUT2D eigenvalue weighted by Gasteiger charge is 2.33. The molecule has 0 aliphatic carbocycles. The number of nitrogens with one attached hydrogen (secondary N) is 2. The van der Waals surface area contributed by atoms with Crippen molar-refractivity contribution in [3.8, 4) is 0 Å². The van der Waals surface area contributed by atoms with E-state index in [1.807, 2.05) is 0 Å². The molecule has 1 aromatic heterocycles. The van der Waals surface area contributed by atoms with Crippen LogP contribution in [-0.4, -0.2) is 17.0 Å². The molecule has 0 fully saturated rings. The normalized spacial score (nSPS) is 11.3. The van der Waals surface area contributed by atoms with Crippen molar-refractivity contribution in [2.75, 3.05) is 17.7 Å². The zero-order chi connectivity index (χ0) is 15.5. The van der Waals surface area contributed by atoms with E-state index in [0.29, 0.717) is 5.56 Å². The van der Waals surface area contributed by atoms with Gasteiger partial charge in [-0.15, -0.1) is 0 Å². The minimum atomic E-state index is -4.57. The maximum atomic E-state index is 13.0. The maximum absolute atomic E-state index is 13.0. The van der Waals surface area contributed by atoms with Gasteiger partial charge in [-0.3, -0.25) is 0 Å². The fraction of sp³-hybridized carbons (Fsp3) is 0.231. The first-order chi connectivity index (χ1) is 9.88. The van der Waals surface area contributed by atoms with Crippen LogP contribution in [-0.2, 0) is 12.7 Å². The van der Waals surface area contributed by atoms with Crippen LogP contribution in [0.5, 0.6) is 0 Å². The van der Waals surface area contributed by atoms with E-state index in [0.717, 1.165) is 6.07 Å². The van der Waals surface area contributed by atoms with Gasteiger partial charge in [0.05, 0.1) is 0 Å². The summed E-state index contributed by atoms with van der Waals surface area (Å²) in [5, 5.41) is 5.18. The Labute approximate surface area is 118 Å². The molecule has 2 rings (SSSR count). The average molecular weight is 300 g/mol. The van der Waals surface area contributed by atoms with Gasteiger partial charge in [-0.25, -0.2) is 9.37 Å². The SMILES string of the molecule is CNc1nc(NCc2cccc(F)c2)cc(C(F)(F)F)n1. The van der Waals surface area contributed by atoms with Crippen LogP contribution in [0.25, 0.3) is 0 Å². The van der Waals surface area contributed by atoms with Crippen molar-refractivity contribution >= 4 is 11.8 Å². The molecule has 0 saturated heterocycles. The van der Waals surface area contributed by atoms with Gasteiger partial charge in [-0.05, 0) is 17.7 Å². The van der Waals surface area contributed by atoms with E-state index in [-0.39, 0.29) is 18.3 Å². The van der Waals surface area contributed by atoms with Gasteiger partial charge in [0.25, 0.3) is 0 Å². The van der Waals surface area contributed by atoms with Gasteiger partial charge in [-0.1, -0.05) is 12.1 Å². The quantitative estimate of drug-likeness (QED) is 0.851. The van der Waals surface area contributed by atoms with Gasteiger partial charge >= 0.3 is 6.18 Å². The van der Waals surface area contributed by atoms with Crippen molar-refractivity contribution in [2.45, 2.75) is 12.7 Å². The molecule has 0 amide bonds. The molecule has 1 heterocycles. The number of halogens is 4. The summed E-state index contributed by atoms with van der Waals surface area (Å²) in [6, 6.07) is 6.56. The van der Waals surface area contributed by atoms with Crippen molar-refractivity contribution in [3.63, 3.8) is 0 Å². The van der Waals surface area contributed by atoms with E-state index in [1.165, 1.54) is 25.2 Å². The van der Waals surface area contributed by atoms with Gasteiger partial charge in [0.15, 0.2) is 5.69 Å². The van der Waals surface area contributed by atoms with Crippen molar-refractivity contribution in [1.82, 2.24) is 9.97 Å². The highest BCUT2D eigenvalue weighted by atomic mass is 19.4. The summed E-state index contributed by atoms with van der Waals surface area (Å²) >= 11 is 0. The standard InChI is InChI=1S/C13H12F4N4/c1-18-12-20-10(13(15,16)17)6-11(21-12)19-7-8-3-2-4-9(14)5-8/h2-6H,7H2,1H3,(H2,18,19,20,21). The molecule has 0 bridgehead atoms. The Bertz CT molecular complexity index is 628. The third-order valence-electron chi connectivity index (χ3n) is 2.60. The second-order valence-electron chi connectivity index (χ2n) is 4.19. The van der Waals surface area contributed by atoms with Crippen LogP contribution in [0.3, 0.4) is 0 Å². The lowest BCUT2D eigenvalue weighted by Gasteiger charge is -2.11. The Morgan fingerprint density at radius 2 is 1.90 bits per heavy atom. The molecule has 0 spiro atoms. The van der Waals surface area contributed by atoms with Crippen molar-refractivity contribution in [2.24, 2.45) is 0 Å². The molecule has 8 heteroatoms. The Morgan fingerprint density at radius 1 is 1.14 bits per heavy atom. The zero-order valence-corrected chi connectivity index (χ0v) is 11.0. The fourth-order valence-corrected chi connectivity index (χ4v) is 1.63. The Hall–Kier alpha value is -2.38. The molecule has 0 saturated carbocycles. The highest BCUT2D eigenvalue weighted by molar-refractivity contribution is 5.43. The lowest BCUT2D eigenvalue weighted by Crippen LogP contribution is -2.13. The second kappa shape index (κ2) is 5.94. The van der Waals surface area contributed by atoms with E-state index >= 15 is 0 Å². The number of aromatic nitrogens is 2. The minimum absolute atomic E-state index is 0.00550. The molecule has 21 heavy (non-hydrogen) atoms. The van der Waals surface area contributed by atoms with Crippen LogP contribution in [0.1, 0.15) is 11.3 Å². The van der Waals surface area contributed by atoms with Crippen LogP contribution < -0.4 is 10.6 Å². The monoisotopic (exact) mass is 300 g/mol. The molecule has 0 aliphatic heterocycles. The van der Waals surface area contributed by atoms with Crippen molar-refractivity contribution < 1.29 is 17.6 Å². The number of hydrogen-bond donors (Lipinski definition) is 2. The van der Waals surface area contributed by atoms with Crippen molar-refractivity contribution in [1.29, 1.82) is 0 Å². The minimum Gasteiger partial charge on any atom is -0.366 e. The number of anilines is 2. The molecule has 0 aliphatic rings. The van der Waals surface area contributed by atoms with E-state index in [4.69, 9.17) is 0 Å². The smallest absolute Gasteiger partial charge is 0.366 e. The summed E-state index contributed by atoms with van der Waals surface area (Å²) in [4.78, 5) is 7.22. The van der Waals surface area contributed by atoms with Crippen LogP contribution in [0, 0.1) is 5.82 Å². The lowest BCUT2D eigenvalue weighted by molar-refractivity contribution is -0.141. The molecule has 112 valence electrons. The summed E-state index contributed by atoms with van der Waals surface area (Å²) in [6.07, 6.45) is -4.57. The zero-order valence-electron chi connectivity index (χ0n) is 11.0. The summed E-state index contributed by atoms with van der Waals surface area (Å²) in [5.41, 5.74) is -0.461. The maximum Gasteiger partial charge on any atom is 0.433 e. The van der Waals surface area contributed by atoms with Crippen LogP contribution in [0.15, 0.2) is 30.3 Å². The first kappa shape index (κ1) is 15.0. The third kappa shape index (κ3) is 4.04. The first-order valence-electron chi connectivity index (χ1n) is 6.01. The largest absolute Gasteiger partial charge is 0.433 e. The number of benzene rings is 1. The highest BCUT2D eigenvalue weighted by Crippen LogP contribution is 2.29. The Balaban J connectivity index is 2.19. The van der Waals surface area contributed by atoms with E-state index < -0.39 is 17.7 Å². The Morgan fingerprint density at radius 3 is 2.52 bits per heavy atom. The number of nitrogens with zero attached hydrogens (tertiary/aromatic N) is 2. The summed E-state index contributed by atoms with van der Waals surface area (Å²) in [7, 11) is 1.42. The van der Waals surface area contributed by atoms with E-state index in [1.54, 1.807) is 6.07 Å². The van der Waals surface area contributed by atoms with Crippen LogP contribution in [0.4, 0.5) is 29.3 Å². The van der Waals surface area contributed by atoms with Crippen LogP contribution >= 0.6 is 0 Å². The number of rotatable bonds is 4. The molecule has 2 N–H and O–H groups in total. The molecule has 0 radical (unpaired) electrons.